The average molecular weight is 708 g/mol. The number of hydrogen-bond donors (Lipinski definition) is 2. The third-order valence-corrected chi connectivity index (χ3v) is 9.37. The maximum absolute atomic E-state index is 12.4. The number of unbranched alkanes of at least 4 members (excludes halogenated alkanes) is 4. The average Bonchev–Trinajstić information content (AvgIpc) is 3.22. The summed E-state index contributed by atoms with van der Waals surface area (Å²) in [5.74, 6) is -0.636. The van der Waals surface area contributed by atoms with Gasteiger partial charge in [-0.1, -0.05) is 74.1 Å². The van der Waals surface area contributed by atoms with Gasteiger partial charge in [0.25, 0.3) is 5.91 Å². The Balaban J connectivity index is 0.000000576. The van der Waals surface area contributed by atoms with Crippen molar-refractivity contribution in [3.63, 3.8) is 0 Å². The van der Waals surface area contributed by atoms with Crippen LogP contribution in [0.2, 0.25) is 0 Å². The van der Waals surface area contributed by atoms with Gasteiger partial charge in [-0.15, -0.1) is 4.28 Å². The normalized spacial score (nSPS) is 18.7. The fourth-order valence-electron chi connectivity index (χ4n) is 6.57. The fourth-order valence-corrected chi connectivity index (χ4v) is 6.96. The summed E-state index contributed by atoms with van der Waals surface area (Å²) < 4.78 is 36.3. The van der Waals surface area contributed by atoms with E-state index in [-0.39, 0.29) is 44.0 Å². The summed E-state index contributed by atoms with van der Waals surface area (Å²) in [6, 6.07) is -2.70. The number of carbonyl (C=O) groups is 3. The van der Waals surface area contributed by atoms with Crippen LogP contribution < -0.4 is 10.6 Å². The number of carboxylic acid groups (broad SMARTS) is 1. The first-order valence-corrected chi connectivity index (χ1v) is 19.3. The van der Waals surface area contributed by atoms with E-state index < -0.39 is 40.5 Å². The molecule has 0 saturated carbocycles. The van der Waals surface area contributed by atoms with E-state index in [1.165, 1.54) is 82.0 Å². The number of amides is 4. The fraction of sp³-hybridized carbons (Fsp3) is 0.909. The van der Waals surface area contributed by atoms with Crippen molar-refractivity contribution in [1.29, 1.82) is 0 Å². The first kappa shape index (κ1) is 43.8. The Morgan fingerprint density at radius 3 is 1.92 bits per heavy atom. The van der Waals surface area contributed by atoms with E-state index in [0.717, 1.165) is 9.80 Å². The molecule has 2 heterocycles. The van der Waals surface area contributed by atoms with E-state index in [2.05, 4.69) is 37.5 Å². The molecule has 282 valence electrons. The largest absolute Gasteiger partial charge is 0.530 e. The second kappa shape index (κ2) is 21.1. The molecule has 2 aliphatic heterocycles. The number of nitrogens with zero attached hydrogens (tertiary/aromatic N) is 4. The van der Waals surface area contributed by atoms with Gasteiger partial charge in [0, 0.05) is 19.1 Å². The minimum atomic E-state index is -4.87. The van der Waals surface area contributed by atoms with E-state index in [0.29, 0.717) is 11.5 Å². The van der Waals surface area contributed by atoms with E-state index in [1.807, 2.05) is 20.8 Å². The Morgan fingerprint density at radius 1 is 1.00 bits per heavy atom. The predicted molar refractivity (Wildman–Crippen MR) is 182 cm³/mol. The maximum Gasteiger partial charge on any atom is 0.418 e. The summed E-state index contributed by atoms with van der Waals surface area (Å²) in [6.45, 7) is 22.6. The summed E-state index contributed by atoms with van der Waals surface area (Å²) in [4.78, 5) is 43.5. The van der Waals surface area contributed by atoms with Gasteiger partial charge in [-0.25, -0.2) is 10.3 Å². The lowest BCUT2D eigenvalue weighted by Crippen LogP contribution is -2.51. The number of quaternary nitrogens is 1. The van der Waals surface area contributed by atoms with Crippen LogP contribution in [-0.2, 0) is 24.3 Å². The number of hydroxylamine groups is 3. The molecule has 1 unspecified atom stereocenters. The molecule has 3 atom stereocenters. The van der Waals surface area contributed by atoms with Crippen LogP contribution in [0.15, 0.2) is 0 Å². The Kier molecular flexibility index (Phi) is 19.3. The molecule has 0 radical (unpaired) electrons. The molecule has 0 aromatic heterocycles. The summed E-state index contributed by atoms with van der Waals surface area (Å²) in [6.07, 6.45) is 10.8. The van der Waals surface area contributed by atoms with Crippen LogP contribution in [-0.4, -0.2) is 114 Å². The number of nitrogens with one attached hydrogen (secondary N) is 1. The summed E-state index contributed by atoms with van der Waals surface area (Å²) in [5.41, 5.74) is 2.11. The van der Waals surface area contributed by atoms with E-state index in [1.54, 1.807) is 6.92 Å². The molecule has 14 nitrogen and oxygen atoms in total. The molecule has 0 spiro atoms. The number of fused-ring (bicyclic) bond motifs is 2. The van der Waals surface area contributed by atoms with E-state index >= 15 is 0 Å². The van der Waals surface area contributed by atoms with Crippen molar-refractivity contribution in [2.24, 2.45) is 5.41 Å². The lowest BCUT2D eigenvalue weighted by molar-refractivity contribution is -0.929. The number of rotatable bonds is 21. The van der Waals surface area contributed by atoms with Gasteiger partial charge in [0.15, 0.2) is 0 Å². The van der Waals surface area contributed by atoms with Gasteiger partial charge >= 0.3 is 16.4 Å². The first-order valence-electron chi connectivity index (χ1n) is 17.9. The summed E-state index contributed by atoms with van der Waals surface area (Å²) in [5, 5.41) is 11.9. The Labute approximate surface area is 289 Å². The Morgan fingerprint density at radius 2 is 1.50 bits per heavy atom. The zero-order chi connectivity index (χ0) is 36.5. The number of hydrogen-bond acceptors (Lipinski definition) is 8. The standard InChI is InChI=1S/C17H30N4O9S.C16H36N/c1-11(9-17(2,3)4)19(16(24)25)7-8-29-18-14(22)13-6-5-12-10-20(13)15(23)21(12)30-31(26,27)28;1-5-9-13-17(14-10-6-2,15-11-7-3)16-12-8-4/h11-13H,5-10H2,1-4H3,(H,18,22)(H,24,25)(H,26,27,28);5-16H2,1-4H3/q;+1/p-1/t11?,12-,13+;/m1./s1. The van der Waals surface area contributed by atoms with Crippen LogP contribution in [0.1, 0.15) is 126 Å². The van der Waals surface area contributed by atoms with Crippen molar-refractivity contribution in [2.75, 3.05) is 45.9 Å². The van der Waals surface area contributed by atoms with E-state index in [4.69, 9.17) is 9.39 Å². The lowest BCUT2D eigenvalue weighted by Gasteiger charge is -2.39. The predicted octanol–water partition coefficient (Wildman–Crippen LogP) is 4.51. The highest BCUT2D eigenvalue weighted by Gasteiger charge is 2.49. The molecule has 2 fully saturated rings. The van der Waals surface area contributed by atoms with Crippen molar-refractivity contribution in [2.45, 2.75) is 144 Å². The van der Waals surface area contributed by atoms with Crippen molar-refractivity contribution < 1.29 is 46.1 Å². The monoisotopic (exact) mass is 707 g/mol. The molecule has 0 aliphatic carbocycles. The van der Waals surface area contributed by atoms with Gasteiger partial charge in [0.1, 0.15) is 12.1 Å². The third kappa shape index (κ3) is 15.6. The van der Waals surface area contributed by atoms with Gasteiger partial charge in [0.05, 0.1) is 38.8 Å². The molecule has 0 aromatic rings. The molecule has 4 amide bonds. The minimum Gasteiger partial charge on any atom is -0.530 e. The molecule has 2 N–H and O–H groups in total. The Hall–Kier alpha value is -2.20. The van der Waals surface area contributed by atoms with Crippen molar-refractivity contribution in [3.05, 3.63) is 0 Å². The SMILES string of the molecule is CC(CC(C)(C)C)N(CCONC(=O)[C@@H]1CC[C@@H]2CN1C(=O)N2OS(=O)(=O)O)C(=O)[O-].CCCC[N+](CCCC)(CCCC)CCCC. The van der Waals surface area contributed by atoms with Crippen LogP contribution in [0.5, 0.6) is 0 Å². The van der Waals surface area contributed by atoms with Gasteiger partial charge in [-0.3, -0.25) is 14.2 Å². The number of piperidine rings is 1. The number of urea groups is 1. The minimum absolute atomic E-state index is 0.0226. The molecule has 15 heteroatoms. The Bertz CT molecular complexity index is 1050. The second-order valence-electron chi connectivity index (χ2n) is 14.5. The van der Waals surface area contributed by atoms with Gasteiger partial charge in [-0.2, -0.15) is 13.5 Å². The van der Waals surface area contributed by atoms with Gasteiger partial charge < -0.3 is 24.2 Å². The van der Waals surface area contributed by atoms with Crippen LogP contribution in [0.25, 0.3) is 0 Å². The van der Waals surface area contributed by atoms with E-state index in [9.17, 15) is 27.9 Å². The summed E-state index contributed by atoms with van der Waals surface area (Å²) >= 11 is 0. The molecular formula is C33H65N5O9S. The maximum atomic E-state index is 12.4. The van der Waals surface area contributed by atoms with Crippen LogP contribution in [0.4, 0.5) is 9.59 Å². The highest BCUT2D eigenvalue weighted by molar-refractivity contribution is 7.80. The summed E-state index contributed by atoms with van der Waals surface area (Å²) in [7, 11) is -4.87. The lowest BCUT2D eigenvalue weighted by atomic mass is 9.88. The van der Waals surface area contributed by atoms with Crippen molar-refractivity contribution in [3.8, 4) is 0 Å². The molecule has 2 bridgehead atoms. The first-order chi connectivity index (χ1) is 22.4. The smallest absolute Gasteiger partial charge is 0.418 e. The third-order valence-electron chi connectivity index (χ3n) is 9.03. The van der Waals surface area contributed by atoms with Crippen molar-refractivity contribution in [1.82, 2.24) is 20.3 Å². The van der Waals surface area contributed by atoms with Gasteiger partial charge in [-0.05, 0) is 57.3 Å². The van der Waals surface area contributed by atoms with Crippen LogP contribution in [0, 0.1) is 5.41 Å². The van der Waals surface area contributed by atoms with Crippen LogP contribution in [0.3, 0.4) is 0 Å². The zero-order valence-corrected chi connectivity index (χ0v) is 31.7. The highest BCUT2D eigenvalue weighted by atomic mass is 32.3. The molecule has 2 saturated heterocycles. The quantitative estimate of drug-likeness (QED) is 0.0755. The second-order valence-corrected chi connectivity index (χ2v) is 15.6. The molecular weight excluding hydrogens is 642 g/mol. The highest BCUT2D eigenvalue weighted by Crippen LogP contribution is 2.30. The van der Waals surface area contributed by atoms with Gasteiger partial charge in [0.2, 0.25) is 0 Å². The topological polar surface area (TPSA) is 169 Å². The number of carbonyl (C=O) groups excluding carboxylic acids is 3. The molecule has 2 rings (SSSR count). The molecule has 2 aliphatic rings. The zero-order valence-electron chi connectivity index (χ0n) is 30.9. The van der Waals surface area contributed by atoms with Crippen molar-refractivity contribution >= 4 is 28.4 Å². The molecule has 48 heavy (non-hydrogen) atoms. The van der Waals surface area contributed by atoms with Crippen LogP contribution >= 0.6 is 0 Å². The molecule has 0 aromatic carbocycles.